The van der Waals surface area contributed by atoms with E-state index in [1.54, 1.807) is 45.0 Å². The zero-order valence-electron chi connectivity index (χ0n) is 23.9. The molecule has 214 valence electrons. The Hall–Kier alpha value is -3.75. The van der Waals surface area contributed by atoms with Gasteiger partial charge in [0.1, 0.15) is 29.2 Å². The quantitative estimate of drug-likeness (QED) is 0.285. The lowest BCUT2D eigenvalue weighted by Gasteiger charge is -2.38. The van der Waals surface area contributed by atoms with Crippen molar-refractivity contribution in [3.8, 4) is 11.5 Å². The standard InChI is InChI=1S/C30H43N3O6/c1-7-9-17-31-27(36)26(22-11-10-12-24(35)19-22)33(20(3)8-2)28(37)25(32-29(38)39-30(4,5)6)18-21-13-15-23(34)16-14-21/h10-16,19-20,25-26,34-35H,7-9,17-18H2,1-6H3,(H,31,36)(H,32,38). The molecule has 2 aromatic carbocycles. The summed E-state index contributed by atoms with van der Waals surface area (Å²) < 4.78 is 5.44. The molecule has 2 aromatic rings. The average Bonchev–Trinajstić information content (AvgIpc) is 2.86. The molecule has 0 aromatic heterocycles. The van der Waals surface area contributed by atoms with Crippen LogP contribution in [0.25, 0.3) is 0 Å². The first-order valence-electron chi connectivity index (χ1n) is 13.5. The highest BCUT2D eigenvalue weighted by Crippen LogP contribution is 2.29. The minimum atomic E-state index is -1.07. The molecule has 0 spiro atoms. The van der Waals surface area contributed by atoms with E-state index in [1.165, 1.54) is 29.2 Å². The van der Waals surface area contributed by atoms with Crippen LogP contribution in [-0.4, -0.2) is 57.3 Å². The molecule has 0 aliphatic heterocycles. The van der Waals surface area contributed by atoms with Crippen molar-refractivity contribution in [1.82, 2.24) is 15.5 Å². The predicted octanol–water partition coefficient (Wildman–Crippen LogP) is 4.82. The maximum Gasteiger partial charge on any atom is 0.408 e. The fraction of sp³-hybridized carbons (Fsp3) is 0.500. The lowest BCUT2D eigenvalue weighted by molar-refractivity contribution is -0.145. The summed E-state index contributed by atoms with van der Waals surface area (Å²) in [4.78, 5) is 42.2. The third-order valence-corrected chi connectivity index (χ3v) is 6.23. The van der Waals surface area contributed by atoms with E-state index >= 15 is 0 Å². The molecule has 9 heteroatoms. The third-order valence-electron chi connectivity index (χ3n) is 6.23. The molecule has 0 saturated heterocycles. The van der Waals surface area contributed by atoms with E-state index in [4.69, 9.17) is 4.74 Å². The van der Waals surface area contributed by atoms with Crippen LogP contribution in [-0.2, 0) is 20.7 Å². The number of nitrogens with zero attached hydrogens (tertiary/aromatic N) is 1. The summed E-state index contributed by atoms with van der Waals surface area (Å²) in [7, 11) is 0. The van der Waals surface area contributed by atoms with E-state index in [1.807, 2.05) is 20.8 Å². The molecule has 9 nitrogen and oxygen atoms in total. The summed E-state index contributed by atoms with van der Waals surface area (Å²) in [5.74, 6) is -0.788. The van der Waals surface area contributed by atoms with Gasteiger partial charge in [0.15, 0.2) is 0 Å². The van der Waals surface area contributed by atoms with Gasteiger partial charge in [-0.15, -0.1) is 0 Å². The molecule has 0 aliphatic rings. The number of aromatic hydroxyl groups is 2. The summed E-state index contributed by atoms with van der Waals surface area (Å²) in [6, 6.07) is 10.2. The van der Waals surface area contributed by atoms with Gasteiger partial charge < -0.3 is 30.5 Å². The lowest BCUT2D eigenvalue weighted by atomic mass is 9.97. The number of benzene rings is 2. The number of hydrogen-bond acceptors (Lipinski definition) is 6. The summed E-state index contributed by atoms with van der Waals surface area (Å²) in [6.07, 6.45) is 1.56. The smallest absolute Gasteiger partial charge is 0.408 e. The largest absolute Gasteiger partial charge is 0.508 e. The van der Waals surface area contributed by atoms with Crippen LogP contribution in [0.3, 0.4) is 0 Å². The molecular weight excluding hydrogens is 498 g/mol. The normalized spacial score (nSPS) is 13.6. The number of phenolic OH excluding ortho intramolecular Hbond substituents is 2. The number of carbonyl (C=O) groups is 3. The summed E-state index contributed by atoms with van der Waals surface area (Å²) in [6.45, 7) is 11.4. The highest BCUT2D eigenvalue weighted by atomic mass is 16.6. The first kappa shape index (κ1) is 31.5. The molecule has 0 fully saturated rings. The minimum absolute atomic E-state index is 0.0251. The number of ether oxygens (including phenoxy) is 1. The first-order valence-corrected chi connectivity index (χ1v) is 13.5. The van der Waals surface area contributed by atoms with Crippen LogP contribution in [0.5, 0.6) is 11.5 Å². The molecule has 0 radical (unpaired) electrons. The van der Waals surface area contributed by atoms with Crippen LogP contribution in [0.1, 0.15) is 78.0 Å². The molecule has 39 heavy (non-hydrogen) atoms. The second-order valence-electron chi connectivity index (χ2n) is 10.7. The van der Waals surface area contributed by atoms with Crippen molar-refractivity contribution in [2.75, 3.05) is 6.54 Å². The van der Waals surface area contributed by atoms with Gasteiger partial charge in [0.05, 0.1) is 0 Å². The number of phenols is 2. The molecule has 0 saturated carbocycles. The second-order valence-corrected chi connectivity index (χ2v) is 10.7. The Morgan fingerprint density at radius 3 is 2.23 bits per heavy atom. The van der Waals surface area contributed by atoms with Crippen molar-refractivity contribution in [2.45, 2.75) is 91.0 Å². The van der Waals surface area contributed by atoms with Gasteiger partial charge in [0.2, 0.25) is 11.8 Å². The fourth-order valence-electron chi connectivity index (χ4n) is 4.11. The van der Waals surface area contributed by atoms with Crippen LogP contribution in [0, 0.1) is 0 Å². The Kier molecular flexibility index (Phi) is 11.6. The van der Waals surface area contributed by atoms with Crippen LogP contribution >= 0.6 is 0 Å². The Morgan fingerprint density at radius 2 is 1.67 bits per heavy atom. The maximum atomic E-state index is 14.3. The number of nitrogens with one attached hydrogen (secondary N) is 2. The minimum Gasteiger partial charge on any atom is -0.508 e. The summed E-state index contributed by atoms with van der Waals surface area (Å²) >= 11 is 0. The Labute approximate surface area is 231 Å². The number of rotatable bonds is 12. The SMILES string of the molecule is CCCCNC(=O)C(c1cccc(O)c1)N(C(=O)C(Cc1ccc(O)cc1)NC(=O)OC(C)(C)C)C(C)CC. The molecule has 3 unspecified atom stereocenters. The van der Waals surface area contributed by atoms with E-state index in [0.29, 0.717) is 24.1 Å². The van der Waals surface area contributed by atoms with Gasteiger partial charge in [-0.3, -0.25) is 9.59 Å². The fourth-order valence-corrected chi connectivity index (χ4v) is 4.11. The third kappa shape index (κ3) is 9.81. The predicted molar refractivity (Wildman–Crippen MR) is 150 cm³/mol. The average molecular weight is 542 g/mol. The van der Waals surface area contributed by atoms with E-state index in [0.717, 1.165) is 12.8 Å². The van der Waals surface area contributed by atoms with Crippen LogP contribution in [0.4, 0.5) is 4.79 Å². The zero-order chi connectivity index (χ0) is 29.2. The van der Waals surface area contributed by atoms with Crippen LogP contribution in [0.2, 0.25) is 0 Å². The summed E-state index contributed by atoms with van der Waals surface area (Å²) in [5.41, 5.74) is 0.376. The van der Waals surface area contributed by atoms with E-state index in [2.05, 4.69) is 10.6 Å². The van der Waals surface area contributed by atoms with Crippen LogP contribution < -0.4 is 10.6 Å². The van der Waals surface area contributed by atoms with Gasteiger partial charge in [-0.2, -0.15) is 0 Å². The van der Waals surface area contributed by atoms with Gasteiger partial charge in [0.25, 0.3) is 0 Å². The number of unbranched alkanes of at least 4 members (excludes halogenated alkanes) is 1. The number of carbonyl (C=O) groups excluding carboxylic acids is 3. The van der Waals surface area contributed by atoms with E-state index < -0.39 is 29.7 Å². The molecule has 2 rings (SSSR count). The number of alkyl carbamates (subject to hydrolysis) is 1. The number of hydrogen-bond donors (Lipinski definition) is 4. The lowest BCUT2D eigenvalue weighted by Crippen LogP contribution is -2.56. The molecule has 3 atom stereocenters. The second kappa shape index (κ2) is 14.4. The Balaban J connectivity index is 2.56. The zero-order valence-corrected chi connectivity index (χ0v) is 23.9. The highest BCUT2D eigenvalue weighted by Gasteiger charge is 2.38. The molecule has 0 aliphatic carbocycles. The van der Waals surface area contributed by atoms with Crippen molar-refractivity contribution >= 4 is 17.9 Å². The van der Waals surface area contributed by atoms with E-state index in [-0.39, 0.29) is 29.9 Å². The van der Waals surface area contributed by atoms with Gasteiger partial charge in [-0.25, -0.2) is 4.79 Å². The van der Waals surface area contributed by atoms with Crippen molar-refractivity contribution < 1.29 is 29.3 Å². The topological polar surface area (TPSA) is 128 Å². The van der Waals surface area contributed by atoms with Gasteiger partial charge >= 0.3 is 6.09 Å². The maximum absolute atomic E-state index is 14.3. The van der Waals surface area contributed by atoms with E-state index in [9.17, 15) is 24.6 Å². The van der Waals surface area contributed by atoms with Gasteiger partial charge in [-0.1, -0.05) is 44.5 Å². The van der Waals surface area contributed by atoms with Crippen LogP contribution in [0.15, 0.2) is 48.5 Å². The van der Waals surface area contributed by atoms with Crippen molar-refractivity contribution in [3.63, 3.8) is 0 Å². The molecule has 0 heterocycles. The van der Waals surface area contributed by atoms with Gasteiger partial charge in [0, 0.05) is 19.0 Å². The molecule has 4 N–H and O–H groups in total. The Morgan fingerprint density at radius 1 is 1.00 bits per heavy atom. The summed E-state index contributed by atoms with van der Waals surface area (Å²) in [5, 5.41) is 25.5. The Bertz CT molecular complexity index is 1100. The monoisotopic (exact) mass is 541 g/mol. The van der Waals surface area contributed by atoms with Crippen molar-refractivity contribution in [1.29, 1.82) is 0 Å². The first-order chi connectivity index (χ1) is 18.4. The highest BCUT2D eigenvalue weighted by molar-refractivity contribution is 5.92. The van der Waals surface area contributed by atoms with Crippen molar-refractivity contribution in [2.24, 2.45) is 0 Å². The molecule has 0 bridgehead atoms. The van der Waals surface area contributed by atoms with Gasteiger partial charge in [-0.05, 0) is 75.9 Å². The number of amides is 3. The molecule has 3 amide bonds. The van der Waals surface area contributed by atoms with Crippen molar-refractivity contribution in [3.05, 3.63) is 59.7 Å². The molecular formula is C30H43N3O6.